The van der Waals surface area contributed by atoms with Gasteiger partial charge in [0.25, 0.3) is 0 Å². The predicted octanol–water partition coefficient (Wildman–Crippen LogP) is 3.37. The summed E-state index contributed by atoms with van der Waals surface area (Å²) >= 11 is 0. The van der Waals surface area contributed by atoms with E-state index in [1.54, 1.807) is 11.1 Å². The molecule has 0 spiro atoms. The van der Waals surface area contributed by atoms with Crippen LogP contribution < -0.4 is 0 Å². The lowest BCUT2D eigenvalue weighted by Crippen LogP contribution is -1.96. The summed E-state index contributed by atoms with van der Waals surface area (Å²) in [5, 5.41) is 0. The SMILES string of the molecule is C1=CC2CC1C1=C2C2=C(CCC2)C1. The standard InChI is InChI=1S/C13H14/c1-2-8-7-12-9-4-5-10(6-9)13(12)11(8)3-1/h4-5,9-10H,1-3,6-7H2. The zero-order chi connectivity index (χ0) is 8.41. The first-order valence-corrected chi connectivity index (χ1v) is 5.56. The number of allylic oxidation sites excluding steroid dienone is 6. The van der Waals surface area contributed by atoms with Crippen LogP contribution in [0, 0.1) is 11.8 Å². The van der Waals surface area contributed by atoms with Gasteiger partial charge in [-0.25, -0.2) is 0 Å². The molecule has 0 heteroatoms. The van der Waals surface area contributed by atoms with Crippen molar-refractivity contribution in [2.45, 2.75) is 32.1 Å². The Hall–Kier alpha value is -0.780. The fraction of sp³-hybridized carbons (Fsp3) is 0.538. The van der Waals surface area contributed by atoms with E-state index >= 15 is 0 Å². The molecule has 2 unspecified atom stereocenters. The van der Waals surface area contributed by atoms with Gasteiger partial charge in [-0.2, -0.15) is 0 Å². The maximum atomic E-state index is 2.46. The molecule has 0 saturated carbocycles. The van der Waals surface area contributed by atoms with Crippen molar-refractivity contribution in [1.29, 1.82) is 0 Å². The molecule has 4 rings (SSSR count). The van der Waals surface area contributed by atoms with Gasteiger partial charge in [-0.1, -0.05) is 23.3 Å². The summed E-state index contributed by atoms with van der Waals surface area (Å²) in [6.45, 7) is 0. The fourth-order valence-electron chi connectivity index (χ4n) is 3.81. The Kier molecular flexibility index (Phi) is 1.02. The highest BCUT2D eigenvalue weighted by atomic mass is 14.5. The molecule has 4 aliphatic rings. The van der Waals surface area contributed by atoms with Gasteiger partial charge >= 0.3 is 0 Å². The smallest absolute Gasteiger partial charge is 0.00294 e. The van der Waals surface area contributed by atoms with E-state index in [0.29, 0.717) is 0 Å². The number of fused-ring (bicyclic) bond motifs is 5. The Labute approximate surface area is 79.0 Å². The van der Waals surface area contributed by atoms with E-state index in [-0.39, 0.29) is 0 Å². The van der Waals surface area contributed by atoms with Crippen LogP contribution in [0.4, 0.5) is 0 Å². The first-order valence-electron chi connectivity index (χ1n) is 5.56. The fourth-order valence-corrected chi connectivity index (χ4v) is 3.81. The topological polar surface area (TPSA) is 0 Å². The van der Waals surface area contributed by atoms with Crippen LogP contribution in [0.2, 0.25) is 0 Å². The lowest BCUT2D eigenvalue weighted by atomic mass is 9.94. The van der Waals surface area contributed by atoms with Gasteiger partial charge in [0.15, 0.2) is 0 Å². The quantitative estimate of drug-likeness (QED) is 0.489. The molecule has 0 aromatic heterocycles. The van der Waals surface area contributed by atoms with E-state index in [1.165, 1.54) is 32.1 Å². The summed E-state index contributed by atoms with van der Waals surface area (Å²) in [7, 11) is 0. The average Bonchev–Trinajstić information content (AvgIpc) is 2.79. The highest BCUT2D eigenvalue weighted by molar-refractivity contribution is 5.57. The summed E-state index contributed by atoms with van der Waals surface area (Å²) in [6.07, 6.45) is 11.9. The first-order chi connectivity index (χ1) is 6.43. The van der Waals surface area contributed by atoms with Crippen molar-refractivity contribution >= 4 is 0 Å². The van der Waals surface area contributed by atoms with Crippen molar-refractivity contribution in [3.8, 4) is 0 Å². The summed E-state index contributed by atoms with van der Waals surface area (Å²) in [6, 6.07) is 0. The van der Waals surface area contributed by atoms with Gasteiger partial charge in [0.05, 0.1) is 0 Å². The average molecular weight is 170 g/mol. The number of hydrogen-bond acceptors (Lipinski definition) is 0. The molecule has 0 aromatic carbocycles. The highest BCUT2D eigenvalue weighted by Gasteiger charge is 2.41. The zero-order valence-electron chi connectivity index (χ0n) is 7.84. The van der Waals surface area contributed by atoms with Crippen molar-refractivity contribution in [2.75, 3.05) is 0 Å². The third-order valence-corrected chi connectivity index (χ3v) is 4.31. The van der Waals surface area contributed by atoms with E-state index in [2.05, 4.69) is 12.2 Å². The molecule has 0 aromatic rings. The van der Waals surface area contributed by atoms with Gasteiger partial charge in [0, 0.05) is 5.92 Å². The Morgan fingerprint density at radius 1 is 1.08 bits per heavy atom. The second-order valence-corrected chi connectivity index (χ2v) is 4.88. The van der Waals surface area contributed by atoms with Crippen LogP contribution in [0.15, 0.2) is 34.4 Å². The van der Waals surface area contributed by atoms with Gasteiger partial charge in [-0.15, -0.1) is 0 Å². The Morgan fingerprint density at radius 3 is 3.00 bits per heavy atom. The first kappa shape index (κ1) is 6.64. The lowest BCUT2D eigenvalue weighted by Gasteiger charge is -2.11. The highest BCUT2D eigenvalue weighted by Crippen LogP contribution is 2.56. The summed E-state index contributed by atoms with van der Waals surface area (Å²) in [4.78, 5) is 0. The Morgan fingerprint density at radius 2 is 2.00 bits per heavy atom. The summed E-state index contributed by atoms with van der Waals surface area (Å²) in [5.41, 5.74) is 7.23. The van der Waals surface area contributed by atoms with Gasteiger partial charge < -0.3 is 0 Å². The third-order valence-electron chi connectivity index (χ3n) is 4.31. The molecule has 0 fully saturated rings. The van der Waals surface area contributed by atoms with E-state index < -0.39 is 0 Å². The van der Waals surface area contributed by atoms with Crippen LogP contribution >= 0.6 is 0 Å². The molecule has 0 saturated heterocycles. The molecule has 0 N–H and O–H groups in total. The predicted molar refractivity (Wildman–Crippen MR) is 53.3 cm³/mol. The second-order valence-electron chi connectivity index (χ2n) is 4.88. The molecule has 2 bridgehead atoms. The molecular weight excluding hydrogens is 156 g/mol. The van der Waals surface area contributed by atoms with Crippen LogP contribution in [0.25, 0.3) is 0 Å². The molecule has 0 nitrogen and oxygen atoms in total. The van der Waals surface area contributed by atoms with Gasteiger partial charge in [-0.3, -0.25) is 0 Å². The maximum absolute atomic E-state index is 2.46. The van der Waals surface area contributed by atoms with E-state index in [9.17, 15) is 0 Å². The molecular formula is C13H14. The number of hydrogen-bond donors (Lipinski definition) is 0. The molecule has 4 aliphatic carbocycles. The van der Waals surface area contributed by atoms with Gasteiger partial charge in [-0.05, 0) is 49.2 Å². The summed E-state index contributed by atoms with van der Waals surface area (Å²) in [5.74, 6) is 1.69. The van der Waals surface area contributed by atoms with Crippen LogP contribution in [0.5, 0.6) is 0 Å². The van der Waals surface area contributed by atoms with Crippen LogP contribution in [0.3, 0.4) is 0 Å². The second kappa shape index (κ2) is 2.00. The van der Waals surface area contributed by atoms with E-state index in [4.69, 9.17) is 0 Å². The maximum Gasteiger partial charge on any atom is 0.00294 e. The third kappa shape index (κ3) is 0.653. The Bertz CT molecular complexity index is 379. The monoisotopic (exact) mass is 170 g/mol. The van der Waals surface area contributed by atoms with Crippen LogP contribution in [0.1, 0.15) is 32.1 Å². The lowest BCUT2D eigenvalue weighted by molar-refractivity contribution is 0.688. The molecule has 0 amide bonds. The molecule has 0 radical (unpaired) electrons. The zero-order valence-corrected chi connectivity index (χ0v) is 7.84. The minimum absolute atomic E-state index is 0.839. The molecule has 66 valence electrons. The van der Waals surface area contributed by atoms with E-state index in [0.717, 1.165) is 11.8 Å². The van der Waals surface area contributed by atoms with Crippen molar-refractivity contribution in [3.63, 3.8) is 0 Å². The largest absolute Gasteiger partial charge is 0.0807 e. The Balaban J connectivity index is 1.87. The molecule has 0 heterocycles. The van der Waals surface area contributed by atoms with Crippen LogP contribution in [-0.4, -0.2) is 0 Å². The van der Waals surface area contributed by atoms with Crippen molar-refractivity contribution in [2.24, 2.45) is 11.8 Å². The van der Waals surface area contributed by atoms with Crippen LogP contribution in [-0.2, 0) is 0 Å². The van der Waals surface area contributed by atoms with Crippen molar-refractivity contribution < 1.29 is 0 Å². The minimum atomic E-state index is 0.839. The molecule has 0 aliphatic heterocycles. The van der Waals surface area contributed by atoms with E-state index in [1.807, 2.05) is 11.1 Å². The van der Waals surface area contributed by atoms with Crippen molar-refractivity contribution in [1.82, 2.24) is 0 Å². The van der Waals surface area contributed by atoms with Gasteiger partial charge in [0.1, 0.15) is 0 Å². The van der Waals surface area contributed by atoms with Gasteiger partial charge in [0.2, 0.25) is 0 Å². The number of rotatable bonds is 0. The summed E-state index contributed by atoms with van der Waals surface area (Å²) < 4.78 is 0. The minimum Gasteiger partial charge on any atom is -0.0807 e. The molecule has 2 atom stereocenters. The normalized spacial score (nSPS) is 39.4. The molecule has 13 heavy (non-hydrogen) atoms. The van der Waals surface area contributed by atoms with Crippen molar-refractivity contribution in [3.05, 3.63) is 34.4 Å².